The zero-order chi connectivity index (χ0) is 12.2. The van der Waals surface area contributed by atoms with E-state index < -0.39 is 0 Å². The summed E-state index contributed by atoms with van der Waals surface area (Å²) in [6.45, 7) is 6.84. The summed E-state index contributed by atoms with van der Waals surface area (Å²) in [5, 5.41) is 8.93. The summed E-state index contributed by atoms with van der Waals surface area (Å²) in [6, 6.07) is 9.98. The van der Waals surface area contributed by atoms with E-state index in [1.807, 2.05) is 44.2 Å². The van der Waals surface area contributed by atoms with Gasteiger partial charge in [-0.15, -0.1) is 6.61 Å². The van der Waals surface area contributed by atoms with Gasteiger partial charge in [0, 0.05) is 13.2 Å². The van der Waals surface area contributed by atoms with Crippen LogP contribution in [0.25, 0.3) is 0 Å². The molecule has 0 aliphatic carbocycles. The van der Waals surface area contributed by atoms with Crippen LogP contribution in [0.2, 0.25) is 0 Å². The quantitative estimate of drug-likeness (QED) is 0.555. The van der Waals surface area contributed by atoms with Crippen molar-refractivity contribution in [3.05, 3.63) is 30.3 Å². The minimum atomic E-state index is -0.212. The average Bonchev–Trinajstić information content (AvgIpc) is 2.31. The smallest absolute Gasteiger partial charge is 0.855 e. The molecule has 0 spiro atoms. The average molecular weight is 246 g/mol. The Morgan fingerprint density at radius 2 is 1.41 bits per heavy atom. The maximum Gasteiger partial charge on any atom is 1.00 e. The van der Waals surface area contributed by atoms with Gasteiger partial charge in [-0.05, 0) is 19.3 Å². The summed E-state index contributed by atoms with van der Waals surface area (Å²) in [7, 11) is -0.212. The molecule has 0 aliphatic rings. The van der Waals surface area contributed by atoms with Gasteiger partial charge in [0.1, 0.15) is 0 Å². The molecular formula is C12H20BNaO3. The first kappa shape index (κ1) is 19.5. The fourth-order valence-electron chi connectivity index (χ4n) is 1.15. The van der Waals surface area contributed by atoms with Crippen LogP contribution in [0.5, 0.6) is 0 Å². The van der Waals surface area contributed by atoms with Gasteiger partial charge in [-0.3, -0.25) is 0 Å². The van der Waals surface area contributed by atoms with Crippen LogP contribution in [0.4, 0.5) is 0 Å². The molecule has 0 saturated heterocycles. The minimum Gasteiger partial charge on any atom is -0.855 e. The number of benzene rings is 1. The fourth-order valence-corrected chi connectivity index (χ4v) is 1.15. The molecular weight excluding hydrogens is 226 g/mol. The molecule has 5 heteroatoms. The molecule has 17 heavy (non-hydrogen) atoms. The van der Waals surface area contributed by atoms with Crippen LogP contribution in [0.3, 0.4) is 0 Å². The zero-order valence-electron chi connectivity index (χ0n) is 11.3. The van der Waals surface area contributed by atoms with Crippen LogP contribution in [-0.4, -0.2) is 26.9 Å². The Kier molecular flexibility index (Phi) is 16.3. The van der Waals surface area contributed by atoms with E-state index in [1.165, 1.54) is 0 Å². The standard InChI is InChI=1S/C10H15BO2.C2H5O.Na/c1-3-12-11(13-4-2)10-8-6-5-7-9-10;1-2-3;/h5-9H,3-4H2,1-2H3;2H2,1H3;/q;-1;+1. The molecule has 90 valence electrons. The van der Waals surface area contributed by atoms with Crippen LogP contribution in [-0.2, 0) is 9.31 Å². The third-order valence-corrected chi connectivity index (χ3v) is 1.71. The third kappa shape index (κ3) is 9.83. The Bertz CT molecular complexity index is 241. The zero-order valence-corrected chi connectivity index (χ0v) is 13.3. The molecule has 0 saturated carbocycles. The van der Waals surface area contributed by atoms with Crippen LogP contribution >= 0.6 is 0 Å². The topological polar surface area (TPSA) is 41.5 Å². The summed E-state index contributed by atoms with van der Waals surface area (Å²) in [4.78, 5) is 0. The van der Waals surface area contributed by atoms with Crippen molar-refractivity contribution in [2.75, 3.05) is 19.8 Å². The molecule has 1 rings (SSSR count). The fraction of sp³-hybridized carbons (Fsp3) is 0.500. The largest absolute Gasteiger partial charge is 1.00 e. The second-order valence-electron chi connectivity index (χ2n) is 2.94. The maximum absolute atomic E-state index is 8.93. The predicted molar refractivity (Wildman–Crippen MR) is 65.6 cm³/mol. The third-order valence-electron chi connectivity index (χ3n) is 1.71. The van der Waals surface area contributed by atoms with Crippen LogP contribution < -0.4 is 40.1 Å². The molecule has 0 atom stereocenters. The summed E-state index contributed by atoms with van der Waals surface area (Å²) in [5.41, 5.74) is 1.08. The van der Waals surface area contributed by atoms with Crippen molar-refractivity contribution in [2.45, 2.75) is 20.8 Å². The summed E-state index contributed by atoms with van der Waals surface area (Å²) < 4.78 is 10.9. The van der Waals surface area contributed by atoms with Crippen molar-refractivity contribution in [1.82, 2.24) is 0 Å². The van der Waals surface area contributed by atoms with E-state index in [4.69, 9.17) is 14.4 Å². The summed E-state index contributed by atoms with van der Waals surface area (Å²) in [5.74, 6) is 0. The monoisotopic (exact) mass is 246 g/mol. The van der Waals surface area contributed by atoms with E-state index in [0.717, 1.165) is 5.46 Å². The van der Waals surface area contributed by atoms with E-state index in [-0.39, 0.29) is 43.3 Å². The molecule has 3 nitrogen and oxygen atoms in total. The minimum absolute atomic E-state index is 0. The van der Waals surface area contributed by atoms with Gasteiger partial charge in [-0.1, -0.05) is 37.3 Å². The van der Waals surface area contributed by atoms with Crippen molar-refractivity contribution < 1.29 is 44.0 Å². The maximum atomic E-state index is 8.93. The van der Waals surface area contributed by atoms with E-state index in [0.29, 0.717) is 13.2 Å². The number of hydrogen-bond acceptors (Lipinski definition) is 3. The van der Waals surface area contributed by atoms with Crippen molar-refractivity contribution >= 4 is 12.6 Å². The second kappa shape index (κ2) is 14.2. The van der Waals surface area contributed by atoms with Crippen LogP contribution in [0.1, 0.15) is 20.8 Å². The van der Waals surface area contributed by atoms with Gasteiger partial charge >= 0.3 is 36.7 Å². The Hall–Kier alpha value is 0.165. The summed E-state index contributed by atoms with van der Waals surface area (Å²) in [6.07, 6.45) is 0. The van der Waals surface area contributed by atoms with Gasteiger partial charge in [-0.25, -0.2) is 0 Å². The Balaban J connectivity index is 0. The number of hydrogen-bond donors (Lipinski definition) is 0. The van der Waals surface area contributed by atoms with Gasteiger partial charge in [0.2, 0.25) is 0 Å². The van der Waals surface area contributed by atoms with Crippen molar-refractivity contribution in [3.63, 3.8) is 0 Å². The Morgan fingerprint density at radius 1 is 1.00 bits per heavy atom. The predicted octanol–water partition coefficient (Wildman–Crippen LogP) is -2.17. The van der Waals surface area contributed by atoms with E-state index >= 15 is 0 Å². The van der Waals surface area contributed by atoms with Gasteiger partial charge < -0.3 is 14.4 Å². The molecule has 0 aliphatic heterocycles. The van der Waals surface area contributed by atoms with Gasteiger partial charge in [0.15, 0.2) is 0 Å². The van der Waals surface area contributed by atoms with Gasteiger partial charge in [0.05, 0.1) is 0 Å². The Morgan fingerprint density at radius 3 is 1.76 bits per heavy atom. The normalized spacial score (nSPS) is 8.71. The molecule has 0 fully saturated rings. The molecule has 0 unspecified atom stereocenters. The van der Waals surface area contributed by atoms with Gasteiger partial charge in [-0.2, -0.15) is 0 Å². The molecule has 0 radical (unpaired) electrons. The molecule has 0 amide bonds. The molecule has 0 heterocycles. The second-order valence-corrected chi connectivity index (χ2v) is 2.94. The first-order chi connectivity index (χ1) is 7.79. The number of rotatable bonds is 5. The first-order valence-corrected chi connectivity index (χ1v) is 5.66. The van der Waals surface area contributed by atoms with E-state index in [9.17, 15) is 0 Å². The van der Waals surface area contributed by atoms with Gasteiger partial charge in [0.25, 0.3) is 0 Å². The van der Waals surface area contributed by atoms with Crippen molar-refractivity contribution in [2.24, 2.45) is 0 Å². The Labute approximate surface area is 127 Å². The van der Waals surface area contributed by atoms with E-state index in [2.05, 4.69) is 0 Å². The van der Waals surface area contributed by atoms with Crippen LogP contribution in [0, 0.1) is 0 Å². The van der Waals surface area contributed by atoms with Crippen LogP contribution in [0.15, 0.2) is 30.3 Å². The van der Waals surface area contributed by atoms with Crippen molar-refractivity contribution in [1.29, 1.82) is 0 Å². The van der Waals surface area contributed by atoms with E-state index in [1.54, 1.807) is 6.92 Å². The first-order valence-electron chi connectivity index (χ1n) is 5.66. The molecule has 0 N–H and O–H groups in total. The summed E-state index contributed by atoms with van der Waals surface area (Å²) >= 11 is 0. The molecule has 1 aromatic carbocycles. The molecule has 0 bridgehead atoms. The molecule has 1 aromatic rings. The molecule has 0 aromatic heterocycles. The van der Waals surface area contributed by atoms with Crippen molar-refractivity contribution in [3.8, 4) is 0 Å². The SMILES string of the molecule is CCOB(OCC)c1ccccc1.CC[O-].[Na+].